The monoisotopic (exact) mass is 401 g/mol. The van der Waals surface area contributed by atoms with E-state index in [9.17, 15) is 8.42 Å². The summed E-state index contributed by atoms with van der Waals surface area (Å²) in [6, 6.07) is 13.8. The van der Waals surface area contributed by atoms with Crippen LogP contribution in [0.1, 0.15) is 12.0 Å². The van der Waals surface area contributed by atoms with Crippen molar-refractivity contribution in [3.8, 4) is 0 Å². The second kappa shape index (κ2) is 9.55. The second-order valence-corrected chi connectivity index (χ2v) is 8.66. The van der Waals surface area contributed by atoms with Crippen LogP contribution >= 0.6 is 23.2 Å². The van der Waals surface area contributed by atoms with E-state index in [1.165, 1.54) is 0 Å². The van der Waals surface area contributed by atoms with Crippen LogP contribution in [0.25, 0.3) is 0 Å². The quantitative estimate of drug-likeness (QED) is 0.696. The Morgan fingerprint density at radius 3 is 2.32 bits per heavy atom. The molecule has 136 valence electrons. The molecule has 2 rings (SSSR count). The third-order valence-electron chi connectivity index (χ3n) is 3.80. The molecule has 2 aromatic rings. The Kier molecular flexibility index (Phi) is 7.72. The Balaban J connectivity index is 2.05. The minimum absolute atomic E-state index is 0.0176. The minimum Gasteiger partial charge on any atom is -0.396 e. The standard InChI is InChI=1S/C18H21Cl2NO3S/c19-17-8-7-15(13-18(17)20)14-21(9-4-11-22)10-12-25(23,24)16-5-2-1-3-6-16/h1-3,5-8,13,22H,4,9-12,14H2. The van der Waals surface area contributed by atoms with Gasteiger partial charge in [0.05, 0.1) is 20.7 Å². The van der Waals surface area contributed by atoms with Gasteiger partial charge in [-0.25, -0.2) is 8.42 Å². The smallest absolute Gasteiger partial charge is 0.179 e. The van der Waals surface area contributed by atoms with Crippen molar-refractivity contribution in [2.24, 2.45) is 0 Å². The van der Waals surface area contributed by atoms with Gasteiger partial charge < -0.3 is 5.11 Å². The molecule has 0 fully saturated rings. The first-order valence-electron chi connectivity index (χ1n) is 7.97. The number of sulfone groups is 1. The zero-order valence-corrected chi connectivity index (χ0v) is 16.1. The largest absolute Gasteiger partial charge is 0.396 e. The molecular weight excluding hydrogens is 381 g/mol. The topological polar surface area (TPSA) is 57.6 Å². The number of hydrogen-bond donors (Lipinski definition) is 1. The van der Waals surface area contributed by atoms with E-state index < -0.39 is 9.84 Å². The van der Waals surface area contributed by atoms with Crippen LogP contribution < -0.4 is 0 Å². The average Bonchev–Trinajstić information content (AvgIpc) is 2.61. The van der Waals surface area contributed by atoms with Crippen molar-refractivity contribution in [3.63, 3.8) is 0 Å². The fraction of sp³-hybridized carbons (Fsp3) is 0.333. The minimum atomic E-state index is -3.34. The molecule has 0 aliphatic rings. The summed E-state index contributed by atoms with van der Waals surface area (Å²) in [7, 11) is -3.34. The zero-order chi connectivity index (χ0) is 18.3. The van der Waals surface area contributed by atoms with Gasteiger partial charge >= 0.3 is 0 Å². The van der Waals surface area contributed by atoms with Crippen molar-refractivity contribution in [3.05, 3.63) is 64.1 Å². The average molecular weight is 402 g/mol. The van der Waals surface area contributed by atoms with Crippen molar-refractivity contribution in [2.45, 2.75) is 17.9 Å². The normalized spacial score (nSPS) is 11.8. The van der Waals surface area contributed by atoms with E-state index in [4.69, 9.17) is 28.3 Å². The fourth-order valence-corrected chi connectivity index (χ4v) is 4.08. The van der Waals surface area contributed by atoms with Crippen LogP contribution in [-0.2, 0) is 16.4 Å². The second-order valence-electron chi connectivity index (χ2n) is 5.73. The van der Waals surface area contributed by atoms with E-state index in [2.05, 4.69) is 0 Å². The third kappa shape index (κ3) is 6.28. The molecule has 0 unspecified atom stereocenters. The van der Waals surface area contributed by atoms with Gasteiger partial charge in [-0.3, -0.25) is 4.90 Å². The molecule has 0 saturated heterocycles. The number of halogens is 2. The van der Waals surface area contributed by atoms with Crippen molar-refractivity contribution in [2.75, 3.05) is 25.4 Å². The van der Waals surface area contributed by atoms with Gasteiger partial charge in [-0.15, -0.1) is 0 Å². The summed E-state index contributed by atoms with van der Waals surface area (Å²) in [5.41, 5.74) is 0.949. The zero-order valence-electron chi connectivity index (χ0n) is 13.7. The molecular formula is C18H21Cl2NO3S. The van der Waals surface area contributed by atoms with Gasteiger partial charge in [0.2, 0.25) is 0 Å². The Hall–Kier alpha value is -1.11. The fourth-order valence-electron chi connectivity index (χ4n) is 2.46. The molecule has 0 amide bonds. The Morgan fingerprint density at radius 1 is 0.960 bits per heavy atom. The summed E-state index contributed by atoms with van der Waals surface area (Å²) >= 11 is 12.0. The highest BCUT2D eigenvalue weighted by Gasteiger charge is 2.16. The van der Waals surface area contributed by atoms with Gasteiger partial charge in [0.25, 0.3) is 0 Å². The lowest BCUT2D eigenvalue weighted by atomic mass is 10.2. The predicted octanol–water partition coefficient (Wildman–Crippen LogP) is 3.65. The van der Waals surface area contributed by atoms with Crippen LogP contribution in [0.5, 0.6) is 0 Å². The SMILES string of the molecule is O=S(=O)(CCN(CCCO)Cc1ccc(Cl)c(Cl)c1)c1ccccc1. The van der Waals surface area contributed by atoms with Crippen LogP contribution in [0.3, 0.4) is 0 Å². The maximum atomic E-state index is 12.4. The van der Waals surface area contributed by atoms with Crippen LogP contribution in [0.4, 0.5) is 0 Å². The van der Waals surface area contributed by atoms with E-state index in [0.717, 1.165) is 5.56 Å². The molecule has 25 heavy (non-hydrogen) atoms. The molecule has 0 radical (unpaired) electrons. The van der Waals surface area contributed by atoms with Gasteiger partial charge in [-0.2, -0.15) is 0 Å². The Bertz CT molecular complexity index is 782. The molecule has 0 atom stereocenters. The van der Waals surface area contributed by atoms with Crippen LogP contribution in [0.15, 0.2) is 53.4 Å². The van der Waals surface area contributed by atoms with Crippen molar-refractivity contribution in [1.82, 2.24) is 4.90 Å². The summed E-state index contributed by atoms with van der Waals surface area (Å²) in [6.45, 7) is 1.57. The summed E-state index contributed by atoms with van der Waals surface area (Å²) in [4.78, 5) is 2.32. The number of hydrogen-bond acceptors (Lipinski definition) is 4. The summed E-state index contributed by atoms with van der Waals surface area (Å²) in [5.74, 6) is 0.0176. The molecule has 0 heterocycles. The number of nitrogens with zero attached hydrogens (tertiary/aromatic N) is 1. The first kappa shape index (κ1) is 20.2. The molecule has 0 aliphatic heterocycles. The summed E-state index contributed by atoms with van der Waals surface area (Å²) in [5, 5.41) is 10.0. The highest BCUT2D eigenvalue weighted by Crippen LogP contribution is 2.23. The molecule has 0 saturated carbocycles. The van der Waals surface area contributed by atoms with Gasteiger partial charge in [0.15, 0.2) is 9.84 Å². The van der Waals surface area contributed by atoms with E-state index >= 15 is 0 Å². The number of aliphatic hydroxyl groups is 1. The summed E-state index contributed by atoms with van der Waals surface area (Å²) < 4.78 is 24.9. The molecule has 4 nitrogen and oxygen atoms in total. The van der Waals surface area contributed by atoms with E-state index in [0.29, 0.717) is 41.0 Å². The van der Waals surface area contributed by atoms with Gasteiger partial charge in [-0.1, -0.05) is 47.5 Å². The highest BCUT2D eigenvalue weighted by molar-refractivity contribution is 7.91. The molecule has 7 heteroatoms. The van der Waals surface area contributed by atoms with E-state index in [-0.39, 0.29) is 12.4 Å². The molecule has 0 bridgehead atoms. The highest BCUT2D eigenvalue weighted by atomic mass is 35.5. The first-order chi connectivity index (χ1) is 11.9. The molecule has 0 spiro atoms. The number of benzene rings is 2. The summed E-state index contributed by atoms with van der Waals surface area (Å²) in [6.07, 6.45) is 0.576. The maximum absolute atomic E-state index is 12.4. The third-order valence-corrected chi connectivity index (χ3v) is 6.25. The first-order valence-corrected chi connectivity index (χ1v) is 10.4. The lowest BCUT2D eigenvalue weighted by Crippen LogP contribution is -2.30. The number of aliphatic hydroxyl groups excluding tert-OH is 1. The van der Waals surface area contributed by atoms with Crippen LogP contribution in [-0.4, -0.2) is 43.9 Å². The molecule has 2 aromatic carbocycles. The Labute approximate surface area is 158 Å². The van der Waals surface area contributed by atoms with Crippen LogP contribution in [0, 0.1) is 0 Å². The van der Waals surface area contributed by atoms with E-state index in [1.54, 1.807) is 42.5 Å². The van der Waals surface area contributed by atoms with Crippen molar-refractivity contribution in [1.29, 1.82) is 0 Å². The van der Waals surface area contributed by atoms with Gasteiger partial charge in [0.1, 0.15) is 0 Å². The predicted molar refractivity (Wildman–Crippen MR) is 102 cm³/mol. The van der Waals surface area contributed by atoms with Crippen molar-refractivity contribution < 1.29 is 13.5 Å². The lowest BCUT2D eigenvalue weighted by molar-refractivity contribution is 0.226. The van der Waals surface area contributed by atoms with Gasteiger partial charge in [-0.05, 0) is 36.2 Å². The number of rotatable bonds is 9. The van der Waals surface area contributed by atoms with Gasteiger partial charge in [0, 0.05) is 26.2 Å². The Morgan fingerprint density at radius 2 is 1.68 bits per heavy atom. The lowest BCUT2D eigenvalue weighted by Gasteiger charge is -2.22. The van der Waals surface area contributed by atoms with Crippen LogP contribution in [0.2, 0.25) is 10.0 Å². The van der Waals surface area contributed by atoms with Crippen molar-refractivity contribution >= 4 is 33.0 Å². The molecule has 0 aliphatic carbocycles. The molecule has 1 N–H and O–H groups in total. The van der Waals surface area contributed by atoms with E-state index in [1.807, 2.05) is 11.0 Å². The maximum Gasteiger partial charge on any atom is 0.179 e. The molecule has 0 aromatic heterocycles.